The van der Waals surface area contributed by atoms with E-state index in [1.165, 1.54) is 11.8 Å². The number of primary amides is 1. The quantitative estimate of drug-likeness (QED) is 0.623. The van der Waals surface area contributed by atoms with Crippen molar-refractivity contribution in [3.63, 3.8) is 0 Å². The van der Waals surface area contributed by atoms with Gasteiger partial charge in [-0.05, 0) is 31.5 Å². The number of hydrogen-bond acceptors (Lipinski definition) is 7. The zero-order valence-electron chi connectivity index (χ0n) is 16.1. The molecule has 4 rings (SSSR count). The van der Waals surface area contributed by atoms with Crippen LogP contribution in [0.15, 0.2) is 35.5 Å². The maximum absolute atomic E-state index is 11.3. The van der Waals surface area contributed by atoms with E-state index >= 15 is 0 Å². The second-order valence-electron chi connectivity index (χ2n) is 7.41. The van der Waals surface area contributed by atoms with Crippen LogP contribution in [0, 0.1) is 11.3 Å². The van der Waals surface area contributed by atoms with E-state index in [-0.39, 0.29) is 11.4 Å². The molecule has 1 aliphatic heterocycles. The maximum atomic E-state index is 11.3. The molecule has 1 aromatic carbocycles. The Bertz CT molecular complexity index is 1130. The number of anilines is 2. The number of ether oxygens (including phenoxy) is 1. The summed E-state index contributed by atoms with van der Waals surface area (Å²) >= 11 is 1.18. The van der Waals surface area contributed by atoms with Gasteiger partial charge in [0.1, 0.15) is 11.9 Å². The molecule has 0 spiro atoms. The van der Waals surface area contributed by atoms with Gasteiger partial charge >= 0.3 is 0 Å². The first kappa shape index (κ1) is 19.2. The van der Waals surface area contributed by atoms with Gasteiger partial charge in [-0.3, -0.25) is 9.20 Å². The van der Waals surface area contributed by atoms with E-state index in [1.807, 2.05) is 44.2 Å². The first-order valence-corrected chi connectivity index (χ1v) is 10.1. The highest BCUT2D eigenvalue weighted by atomic mass is 32.2. The third-order valence-corrected chi connectivity index (χ3v) is 5.68. The molecule has 0 unspecified atom stereocenters. The third-order valence-electron chi connectivity index (χ3n) is 4.73. The number of nitriles is 1. The molecule has 148 valence electrons. The van der Waals surface area contributed by atoms with E-state index in [9.17, 15) is 10.1 Å². The predicted molar refractivity (Wildman–Crippen MR) is 110 cm³/mol. The molecular formula is C20H20N6O2S. The van der Waals surface area contributed by atoms with E-state index in [4.69, 9.17) is 10.5 Å². The van der Waals surface area contributed by atoms with Crippen LogP contribution in [0.1, 0.15) is 30.5 Å². The number of thioether (sulfide) groups is 1. The topological polar surface area (TPSA) is 118 Å². The lowest BCUT2D eigenvalue weighted by molar-refractivity contribution is -0.115. The number of rotatable bonds is 5. The highest BCUT2D eigenvalue weighted by Crippen LogP contribution is 2.38. The number of nitrogens with one attached hydrogen (secondary N) is 1. The second kappa shape index (κ2) is 7.39. The van der Waals surface area contributed by atoms with E-state index in [0.29, 0.717) is 35.2 Å². The molecule has 3 aromatic rings. The van der Waals surface area contributed by atoms with Crippen molar-refractivity contribution in [1.29, 1.82) is 5.26 Å². The maximum Gasteiger partial charge on any atom is 0.227 e. The molecule has 3 heterocycles. The molecule has 9 heteroatoms. The zero-order valence-corrected chi connectivity index (χ0v) is 16.9. The fourth-order valence-corrected chi connectivity index (χ4v) is 4.10. The van der Waals surface area contributed by atoms with Crippen LogP contribution in [0.5, 0.6) is 0 Å². The summed E-state index contributed by atoms with van der Waals surface area (Å²) in [5, 5.41) is 22.5. The van der Waals surface area contributed by atoms with Gasteiger partial charge in [0.05, 0.1) is 23.5 Å². The van der Waals surface area contributed by atoms with Gasteiger partial charge in [-0.2, -0.15) is 5.26 Å². The second-order valence-corrected chi connectivity index (χ2v) is 8.35. The number of hydrogen-bond donors (Lipinski definition) is 2. The van der Waals surface area contributed by atoms with Gasteiger partial charge in [0.25, 0.3) is 0 Å². The van der Waals surface area contributed by atoms with E-state index in [2.05, 4.69) is 21.6 Å². The fourth-order valence-electron chi connectivity index (χ4n) is 3.42. The van der Waals surface area contributed by atoms with Gasteiger partial charge < -0.3 is 15.8 Å². The van der Waals surface area contributed by atoms with Crippen molar-refractivity contribution in [2.75, 3.05) is 11.1 Å². The van der Waals surface area contributed by atoms with Gasteiger partial charge in [-0.1, -0.05) is 30.0 Å². The first-order chi connectivity index (χ1) is 13.9. The molecule has 8 nitrogen and oxygen atoms in total. The molecule has 0 bridgehead atoms. The number of nitrogens with two attached hydrogens (primary N) is 1. The number of carbonyl (C=O) groups excluding carboxylic acids is 1. The van der Waals surface area contributed by atoms with Crippen molar-refractivity contribution in [3.05, 3.63) is 47.0 Å². The number of fused-ring (bicyclic) bond motifs is 3. The van der Waals surface area contributed by atoms with Gasteiger partial charge in [0.2, 0.25) is 5.91 Å². The Morgan fingerprint density at radius 2 is 2.10 bits per heavy atom. The first-order valence-electron chi connectivity index (χ1n) is 9.09. The summed E-state index contributed by atoms with van der Waals surface area (Å²) < 4.78 is 7.75. The minimum Gasteiger partial charge on any atom is -0.370 e. The minimum atomic E-state index is -0.451. The summed E-state index contributed by atoms with van der Waals surface area (Å²) in [6.45, 7) is 4.35. The SMILES string of the molecule is CC1(C)Cc2c(C#N)c(Nc3ccccc3)n3c(SCC(N)=O)nnc3c2CO1. The van der Waals surface area contributed by atoms with Gasteiger partial charge in [0.15, 0.2) is 10.8 Å². The zero-order chi connectivity index (χ0) is 20.6. The normalized spacial score (nSPS) is 14.9. The Balaban J connectivity index is 1.96. The summed E-state index contributed by atoms with van der Waals surface area (Å²) in [7, 11) is 0. The third kappa shape index (κ3) is 3.64. The lowest BCUT2D eigenvalue weighted by Crippen LogP contribution is -2.33. The van der Waals surface area contributed by atoms with Gasteiger partial charge in [-0.25, -0.2) is 0 Å². The van der Waals surface area contributed by atoms with Crippen LogP contribution in [0.3, 0.4) is 0 Å². The van der Waals surface area contributed by atoms with Crippen molar-refractivity contribution >= 4 is 34.8 Å². The number of benzene rings is 1. The van der Waals surface area contributed by atoms with Crippen LogP contribution in [0.4, 0.5) is 11.5 Å². The number of pyridine rings is 1. The Hall–Kier alpha value is -3.09. The molecule has 0 fully saturated rings. The highest BCUT2D eigenvalue weighted by molar-refractivity contribution is 7.99. The molecule has 1 amide bonds. The van der Waals surface area contributed by atoms with E-state index in [0.717, 1.165) is 16.8 Å². The van der Waals surface area contributed by atoms with Crippen LogP contribution >= 0.6 is 11.8 Å². The van der Waals surface area contributed by atoms with E-state index < -0.39 is 5.91 Å². The summed E-state index contributed by atoms with van der Waals surface area (Å²) in [6.07, 6.45) is 0.585. The molecule has 29 heavy (non-hydrogen) atoms. The molecule has 0 saturated heterocycles. The Kier molecular flexibility index (Phi) is 4.90. The summed E-state index contributed by atoms with van der Waals surface area (Å²) in [5.74, 6) is 0.184. The van der Waals surface area contributed by atoms with Crippen molar-refractivity contribution in [3.8, 4) is 6.07 Å². The molecule has 0 aliphatic carbocycles. The minimum absolute atomic E-state index is 0.0636. The van der Waals surface area contributed by atoms with Gasteiger partial charge in [0, 0.05) is 17.7 Å². The standard InChI is InChI=1S/C20H20N6O2S/c1-20(2)8-13-14(9-21)17(23-12-6-4-3-5-7-12)26-18(15(13)10-28-20)24-25-19(26)29-11-16(22)27/h3-7,23H,8,10-11H2,1-2H3,(H2,22,27). The number of para-hydroxylation sites is 1. The summed E-state index contributed by atoms with van der Waals surface area (Å²) in [5.41, 5.74) is 8.64. The van der Waals surface area contributed by atoms with Crippen molar-refractivity contribution in [1.82, 2.24) is 14.6 Å². The number of aromatic nitrogens is 3. The van der Waals surface area contributed by atoms with E-state index in [1.54, 1.807) is 4.40 Å². The molecular weight excluding hydrogens is 388 g/mol. The monoisotopic (exact) mass is 408 g/mol. The molecule has 0 atom stereocenters. The highest BCUT2D eigenvalue weighted by Gasteiger charge is 2.33. The van der Waals surface area contributed by atoms with Crippen molar-refractivity contribution < 1.29 is 9.53 Å². The van der Waals surface area contributed by atoms with Crippen LogP contribution in [-0.2, 0) is 22.6 Å². The molecule has 0 radical (unpaired) electrons. The van der Waals surface area contributed by atoms with Crippen LogP contribution in [0.25, 0.3) is 5.65 Å². The Morgan fingerprint density at radius 3 is 2.79 bits per heavy atom. The van der Waals surface area contributed by atoms with Gasteiger partial charge in [-0.15, -0.1) is 10.2 Å². The fraction of sp³-hybridized carbons (Fsp3) is 0.300. The molecule has 2 aromatic heterocycles. The Morgan fingerprint density at radius 1 is 1.34 bits per heavy atom. The molecule has 3 N–H and O–H groups in total. The predicted octanol–water partition coefficient (Wildman–Crippen LogP) is 2.77. The number of amides is 1. The molecule has 1 aliphatic rings. The van der Waals surface area contributed by atoms with Crippen LogP contribution in [-0.4, -0.2) is 31.9 Å². The van der Waals surface area contributed by atoms with Crippen LogP contribution in [0.2, 0.25) is 0 Å². The molecule has 0 saturated carbocycles. The van der Waals surface area contributed by atoms with Crippen molar-refractivity contribution in [2.24, 2.45) is 5.73 Å². The average molecular weight is 408 g/mol. The number of nitrogens with zero attached hydrogens (tertiary/aromatic N) is 4. The summed E-state index contributed by atoms with van der Waals surface area (Å²) in [6, 6.07) is 11.9. The Labute approximate surface area is 172 Å². The number of carbonyl (C=O) groups is 1. The lowest BCUT2D eigenvalue weighted by Gasteiger charge is -2.33. The summed E-state index contributed by atoms with van der Waals surface area (Å²) in [4.78, 5) is 11.3. The average Bonchev–Trinajstić information content (AvgIpc) is 3.10. The smallest absolute Gasteiger partial charge is 0.227 e. The van der Waals surface area contributed by atoms with Crippen LogP contribution < -0.4 is 11.1 Å². The van der Waals surface area contributed by atoms with Crippen molar-refractivity contribution in [2.45, 2.75) is 37.6 Å². The largest absolute Gasteiger partial charge is 0.370 e. The lowest BCUT2D eigenvalue weighted by atomic mass is 9.89.